The van der Waals surface area contributed by atoms with E-state index in [4.69, 9.17) is 0 Å². The molecular formula is C32H30N4O2S2. The molecule has 0 fully saturated rings. The number of hydrogen-bond acceptors (Lipinski definition) is 4. The summed E-state index contributed by atoms with van der Waals surface area (Å²) in [5.74, 6) is 0.341. The van der Waals surface area contributed by atoms with Crippen LogP contribution in [0.25, 0.3) is 43.6 Å². The van der Waals surface area contributed by atoms with Crippen LogP contribution >= 0.6 is 21.6 Å². The standard InChI is InChI=1S/C32H30N4O2S2/c1-3-35-27-11-7-5-9-23(27)25-17-21(13-15-29(25)35)33-31(37)19-39-40-20-32(38)34-22-14-16-30-26(18-22)24-10-6-8-12-28(24)36(30)4-2/h5-18H,3-4,19-20H2,1-2H3,(H,33,37)(H,34,38). The molecule has 0 radical (unpaired) electrons. The van der Waals surface area contributed by atoms with Gasteiger partial charge in [0, 0.05) is 68.1 Å². The highest BCUT2D eigenvalue weighted by Crippen LogP contribution is 2.32. The summed E-state index contributed by atoms with van der Waals surface area (Å²) in [7, 11) is 2.76. The number of hydrogen-bond donors (Lipinski definition) is 2. The lowest BCUT2D eigenvalue weighted by molar-refractivity contribution is -0.114. The number of aryl methyl sites for hydroxylation is 2. The average Bonchev–Trinajstić information content (AvgIpc) is 3.47. The van der Waals surface area contributed by atoms with Gasteiger partial charge in [0.25, 0.3) is 0 Å². The molecule has 6 rings (SSSR count). The Bertz CT molecular complexity index is 1750. The number of carbonyl (C=O) groups is 2. The van der Waals surface area contributed by atoms with Crippen LogP contribution in [0, 0.1) is 0 Å². The van der Waals surface area contributed by atoms with Crippen LogP contribution < -0.4 is 10.6 Å². The van der Waals surface area contributed by atoms with Crippen molar-refractivity contribution < 1.29 is 9.59 Å². The summed E-state index contributed by atoms with van der Waals surface area (Å²) in [5, 5.41) is 10.6. The van der Waals surface area contributed by atoms with Crippen molar-refractivity contribution in [2.45, 2.75) is 26.9 Å². The van der Waals surface area contributed by atoms with Crippen LogP contribution in [0.5, 0.6) is 0 Å². The highest BCUT2D eigenvalue weighted by Gasteiger charge is 2.13. The molecule has 40 heavy (non-hydrogen) atoms. The Labute approximate surface area is 240 Å². The summed E-state index contributed by atoms with van der Waals surface area (Å²) in [6.45, 7) is 6.05. The molecule has 6 aromatic rings. The molecule has 0 aliphatic rings. The number of benzene rings is 4. The van der Waals surface area contributed by atoms with E-state index < -0.39 is 0 Å². The van der Waals surface area contributed by atoms with Gasteiger partial charge in [-0.2, -0.15) is 0 Å². The molecular weight excluding hydrogens is 537 g/mol. The molecule has 0 unspecified atom stereocenters. The summed E-state index contributed by atoms with van der Waals surface area (Å²) in [4.78, 5) is 25.2. The highest BCUT2D eigenvalue weighted by atomic mass is 33.1. The van der Waals surface area contributed by atoms with E-state index in [1.54, 1.807) is 0 Å². The maximum absolute atomic E-state index is 12.6. The number of aromatic nitrogens is 2. The normalized spacial score (nSPS) is 11.6. The van der Waals surface area contributed by atoms with Crippen LogP contribution in [0.4, 0.5) is 11.4 Å². The number of nitrogens with one attached hydrogen (secondary N) is 2. The van der Waals surface area contributed by atoms with Gasteiger partial charge in [-0.25, -0.2) is 0 Å². The third kappa shape index (κ3) is 4.93. The van der Waals surface area contributed by atoms with Gasteiger partial charge in [-0.05, 0) is 62.4 Å². The first-order valence-corrected chi connectivity index (χ1v) is 15.9. The zero-order valence-electron chi connectivity index (χ0n) is 22.4. The minimum Gasteiger partial charge on any atom is -0.341 e. The molecule has 8 heteroatoms. The zero-order valence-corrected chi connectivity index (χ0v) is 24.1. The third-order valence-corrected chi connectivity index (χ3v) is 9.34. The van der Waals surface area contributed by atoms with Gasteiger partial charge in [0.05, 0.1) is 11.5 Å². The molecule has 2 heterocycles. The summed E-state index contributed by atoms with van der Waals surface area (Å²) in [6.07, 6.45) is 0. The molecule has 4 aromatic carbocycles. The van der Waals surface area contributed by atoms with Gasteiger partial charge < -0.3 is 19.8 Å². The average molecular weight is 567 g/mol. The Kier molecular flexibility index (Phi) is 7.45. The Morgan fingerprint density at radius 2 is 0.975 bits per heavy atom. The van der Waals surface area contributed by atoms with Crippen molar-refractivity contribution in [2.24, 2.45) is 0 Å². The number of rotatable bonds is 9. The Hall–Kier alpha value is -3.88. The maximum Gasteiger partial charge on any atom is 0.235 e. The smallest absolute Gasteiger partial charge is 0.235 e. The first-order valence-electron chi connectivity index (χ1n) is 13.4. The highest BCUT2D eigenvalue weighted by molar-refractivity contribution is 8.77. The molecule has 202 valence electrons. The maximum atomic E-state index is 12.6. The summed E-state index contributed by atoms with van der Waals surface area (Å²) >= 11 is 0. The second kappa shape index (κ2) is 11.3. The molecule has 0 saturated carbocycles. The van der Waals surface area contributed by atoms with Crippen molar-refractivity contribution in [1.29, 1.82) is 0 Å². The predicted molar refractivity (Wildman–Crippen MR) is 172 cm³/mol. The zero-order chi connectivity index (χ0) is 27.6. The molecule has 0 atom stereocenters. The number of para-hydroxylation sites is 2. The SMILES string of the molecule is CCn1c2ccccc2c2cc(NC(=O)CSSCC(=O)Nc3ccc4c(c3)c3ccccc3n4CC)ccc21. The first kappa shape index (κ1) is 26.3. The second-order valence-corrected chi connectivity index (χ2v) is 12.1. The number of carbonyl (C=O) groups excluding carboxylic acids is 2. The lowest BCUT2D eigenvalue weighted by atomic mass is 10.1. The third-order valence-electron chi connectivity index (χ3n) is 7.21. The largest absolute Gasteiger partial charge is 0.341 e. The van der Waals surface area contributed by atoms with Crippen LogP contribution in [0.3, 0.4) is 0 Å². The topological polar surface area (TPSA) is 68.1 Å². The molecule has 0 aliphatic heterocycles. The van der Waals surface area contributed by atoms with Crippen molar-refractivity contribution in [3.05, 3.63) is 84.9 Å². The van der Waals surface area contributed by atoms with Crippen LogP contribution in [0.1, 0.15) is 13.8 Å². The minimum absolute atomic E-state index is 0.0887. The molecule has 2 amide bonds. The number of amides is 2. The van der Waals surface area contributed by atoms with Crippen LogP contribution in [-0.4, -0.2) is 32.5 Å². The quantitative estimate of drug-likeness (QED) is 0.138. The van der Waals surface area contributed by atoms with Gasteiger partial charge in [0.1, 0.15) is 0 Å². The van der Waals surface area contributed by atoms with Crippen molar-refractivity contribution >= 4 is 88.4 Å². The number of nitrogens with zero attached hydrogens (tertiary/aromatic N) is 2. The van der Waals surface area contributed by atoms with Crippen LogP contribution in [0.2, 0.25) is 0 Å². The molecule has 0 spiro atoms. The monoisotopic (exact) mass is 566 g/mol. The summed E-state index contributed by atoms with van der Waals surface area (Å²) in [6, 6.07) is 28.8. The van der Waals surface area contributed by atoms with Crippen molar-refractivity contribution in [2.75, 3.05) is 22.1 Å². The summed E-state index contributed by atoms with van der Waals surface area (Å²) < 4.78 is 4.57. The van der Waals surface area contributed by atoms with E-state index >= 15 is 0 Å². The lowest BCUT2D eigenvalue weighted by Crippen LogP contribution is -2.15. The van der Waals surface area contributed by atoms with E-state index in [0.29, 0.717) is 0 Å². The molecule has 2 N–H and O–H groups in total. The van der Waals surface area contributed by atoms with E-state index in [9.17, 15) is 9.59 Å². The molecule has 2 aromatic heterocycles. The predicted octanol–water partition coefficient (Wildman–Crippen LogP) is 7.90. The van der Waals surface area contributed by atoms with Gasteiger partial charge in [-0.1, -0.05) is 58.0 Å². The number of anilines is 2. The van der Waals surface area contributed by atoms with Gasteiger partial charge in [-0.15, -0.1) is 0 Å². The van der Waals surface area contributed by atoms with Gasteiger partial charge in [0.2, 0.25) is 11.8 Å². The Morgan fingerprint density at radius 3 is 1.40 bits per heavy atom. The Balaban J connectivity index is 1.03. The minimum atomic E-state index is -0.0887. The van der Waals surface area contributed by atoms with Crippen molar-refractivity contribution in [1.82, 2.24) is 9.13 Å². The van der Waals surface area contributed by atoms with Gasteiger partial charge in [-0.3, -0.25) is 9.59 Å². The molecule has 0 aliphatic carbocycles. The van der Waals surface area contributed by atoms with E-state index in [1.807, 2.05) is 36.4 Å². The lowest BCUT2D eigenvalue weighted by Gasteiger charge is -2.08. The second-order valence-electron chi connectivity index (χ2n) is 9.61. The van der Waals surface area contributed by atoms with Gasteiger partial charge in [0.15, 0.2) is 0 Å². The van der Waals surface area contributed by atoms with Crippen molar-refractivity contribution in [3.8, 4) is 0 Å². The van der Waals surface area contributed by atoms with E-state index in [2.05, 4.69) is 82.1 Å². The molecule has 0 saturated heterocycles. The van der Waals surface area contributed by atoms with E-state index in [1.165, 1.54) is 43.4 Å². The van der Waals surface area contributed by atoms with Gasteiger partial charge >= 0.3 is 0 Å². The number of fused-ring (bicyclic) bond motifs is 6. The molecule has 6 nitrogen and oxygen atoms in total. The van der Waals surface area contributed by atoms with E-state index in [-0.39, 0.29) is 23.3 Å². The Morgan fingerprint density at radius 1 is 0.575 bits per heavy atom. The van der Waals surface area contributed by atoms with E-state index in [0.717, 1.165) is 46.3 Å². The fourth-order valence-corrected chi connectivity index (χ4v) is 7.20. The van der Waals surface area contributed by atoms with Crippen LogP contribution in [-0.2, 0) is 22.7 Å². The van der Waals surface area contributed by atoms with Crippen LogP contribution in [0.15, 0.2) is 84.9 Å². The fourth-order valence-electron chi connectivity index (χ4n) is 5.53. The first-order chi connectivity index (χ1) is 19.6. The molecule has 0 bridgehead atoms. The fraction of sp³-hybridized carbons (Fsp3) is 0.188. The summed E-state index contributed by atoms with van der Waals surface area (Å²) in [5.41, 5.74) is 6.27. The van der Waals surface area contributed by atoms with Crippen molar-refractivity contribution in [3.63, 3.8) is 0 Å².